The van der Waals surface area contributed by atoms with Crippen LogP contribution in [0.5, 0.6) is 0 Å². The second-order valence-corrected chi connectivity index (χ2v) is 6.53. The Labute approximate surface area is 144 Å². The van der Waals surface area contributed by atoms with Gasteiger partial charge in [-0.1, -0.05) is 49.7 Å². The predicted molar refractivity (Wildman–Crippen MR) is 91.5 cm³/mol. The van der Waals surface area contributed by atoms with Gasteiger partial charge in [0, 0.05) is 10.7 Å². The van der Waals surface area contributed by atoms with Crippen molar-refractivity contribution in [1.82, 2.24) is 10.2 Å². The van der Waals surface area contributed by atoms with Crippen LogP contribution in [0.15, 0.2) is 33.9 Å². The summed E-state index contributed by atoms with van der Waals surface area (Å²) in [7, 11) is 0. The molecule has 3 N–H and O–H groups in total. The van der Waals surface area contributed by atoms with E-state index in [9.17, 15) is 4.79 Å². The number of hydrogen-bond acceptors (Lipinski definition) is 6. The number of rotatable bonds is 7. The summed E-state index contributed by atoms with van der Waals surface area (Å²) < 4.78 is 5.50. The minimum Gasteiger partial charge on any atom is -0.414 e. The van der Waals surface area contributed by atoms with Crippen molar-refractivity contribution in [3.05, 3.63) is 35.2 Å². The number of carbonyl (C=O) groups is 1. The van der Waals surface area contributed by atoms with Gasteiger partial charge in [0.15, 0.2) is 0 Å². The molecule has 0 spiro atoms. The number of nitrogens with two attached hydrogens (primary N) is 1. The second-order valence-electron chi connectivity index (χ2n) is 5.16. The Hall–Kier alpha value is -1.57. The zero-order chi connectivity index (χ0) is 16.8. The minimum atomic E-state index is -0.290. The number of benzene rings is 1. The SMILES string of the molecule is CC[C@@H](C)[C@@H](N)c1nnc(SCC(=O)Nc2cccc(Cl)c2)o1. The molecule has 0 saturated heterocycles. The van der Waals surface area contributed by atoms with Crippen LogP contribution in [0.1, 0.15) is 32.2 Å². The van der Waals surface area contributed by atoms with Crippen LogP contribution >= 0.6 is 23.4 Å². The van der Waals surface area contributed by atoms with Crippen LogP contribution in [-0.4, -0.2) is 21.9 Å². The van der Waals surface area contributed by atoms with Crippen LogP contribution in [0.4, 0.5) is 5.69 Å². The van der Waals surface area contributed by atoms with E-state index in [0.29, 0.717) is 21.8 Å². The fraction of sp³-hybridized carbons (Fsp3) is 0.400. The number of anilines is 1. The molecule has 124 valence electrons. The Morgan fingerprint density at radius 3 is 2.96 bits per heavy atom. The summed E-state index contributed by atoms with van der Waals surface area (Å²) in [6.07, 6.45) is 0.925. The van der Waals surface area contributed by atoms with Crippen LogP contribution in [0.25, 0.3) is 0 Å². The predicted octanol–water partition coefficient (Wildman–Crippen LogP) is 3.50. The van der Waals surface area contributed by atoms with Crippen LogP contribution in [0.2, 0.25) is 5.02 Å². The molecule has 2 aromatic rings. The van der Waals surface area contributed by atoms with Crippen molar-refractivity contribution in [2.24, 2.45) is 11.7 Å². The number of aromatic nitrogens is 2. The molecular weight excluding hydrogens is 336 g/mol. The van der Waals surface area contributed by atoms with E-state index in [1.165, 1.54) is 11.8 Å². The van der Waals surface area contributed by atoms with E-state index in [0.717, 1.165) is 6.42 Å². The average molecular weight is 355 g/mol. The van der Waals surface area contributed by atoms with Crippen molar-refractivity contribution in [3.63, 3.8) is 0 Å². The van der Waals surface area contributed by atoms with Crippen molar-refractivity contribution >= 4 is 35.0 Å². The standard InChI is InChI=1S/C15H19ClN4O2S/c1-3-9(2)13(17)14-19-20-15(22-14)23-8-12(21)18-11-6-4-5-10(16)7-11/h4-7,9,13H,3,8,17H2,1-2H3,(H,18,21)/t9-,13-/m1/s1. The summed E-state index contributed by atoms with van der Waals surface area (Å²) in [5.41, 5.74) is 6.68. The molecule has 0 bridgehead atoms. The highest BCUT2D eigenvalue weighted by Gasteiger charge is 2.20. The molecule has 1 aromatic carbocycles. The summed E-state index contributed by atoms with van der Waals surface area (Å²) >= 11 is 7.04. The molecule has 0 fully saturated rings. The Morgan fingerprint density at radius 1 is 1.48 bits per heavy atom. The normalized spacial score (nSPS) is 13.6. The van der Waals surface area contributed by atoms with Crippen molar-refractivity contribution < 1.29 is 9.21 Å². The molecule has 1 heterocycles. The lowest BCUT2D eigenvalue weighted by atomic mass is 10.0. The number of thioether (sulfide) groups is 1. The van der Waals surface area contributed by atoms with E-state index < -0.39 is 0 Å². The molecule has 1 amide bonds. The van der Waals surface area contributed by atoms with Gasteiger partial charge in [-0.2, -0.15) is 0 Å². The minimum absolute atomic E-state index is 0.159. The van der Waals surface area contributed by atoms with Gasteiger partial charge in [0.25, 0.3) is 5.22 Å². The van der Waals surface area contributed by atoms with Crippen LogP contribution in [-0.2, 0) is 4.79 Å². The molecule has 0 aliphatic heterocycles. The fourth-order valence-electron chi connectivity index (χ4n) is 1.80. The monoisotopic (exact) mass is 354 g/mol. The zero-order valence-electron chi connectivity index (χ0n) is 13.0. The van der Waals surface area contributed by atoms with Gasteiger partial charge in [-0.15, -0.1) is 10.2 Å². The lowest BCUT2D eigenvalue weighted by Gasteiger charge is -2.13. The van der Waals surface area contributed by atoms with Crippen molar-refractivity contribution in [2.75, 3.05) is 11.1 Å². The van der Waals surface area contributed by atoms with Gasteiger partial charge in [0.05, 0.1) is 11.8 Å². The molecule has 2 rings (SSSR count). The quantitative estimate of drug-likeness (QED) is 0.739. The van der Waals surface area contributed by atoms with Crippen LogP contribution in [0.3, 0.4) is 0 Å². The Bertz CT molecular complexity index is 664. The Balaban J connectivity index is 1.86. The van der Waals surface area contributed by atoms with Gasteiger partial charge in [-0.05, 0) is 24.1 Å². The lowest BCUT2D eigenvalue weighted by Crippen LogP contribution is -2.18. The first-order chi connectivity index (χ1) is 11.0. The first kappa shape index (κ1) is 17.8. The number of amides is 1. The maximum absolute atomic E-state index is 11.9. The topological polar surface area (TPSA) is 94.0 Å². The van der Waals surface area contributed by atoms with Gasteiger partial charge in [0.2, 0.25) is 11.8 Å². The summed E-state index contributed by atoms with van der Waals surface area (Å²) in [6, 6.07) is 6.67. The first-order valence-corrected chi connectivity index (χ1v) is 8.63. The third kappa shape index (κ3) is 5.23. The fourth-order valence-corrected chi connectivity index (χ4v) is 2.56. The summed E-state index contributed by atoms with van der Waals surface area (Å²) in [5, 5.41) is 11.5. The molecule has 0 radical (unpaired) electrons. The molecule has 6 nitrogen and oxygen atoms in total. The van der Waals surface area contributed by atoms with E-state index in [1.54, 1.807) is 24.3 Å². The van der Waals surface area contributed by atoms with E-state index in [2.05, 4.69) is 22.4 Å². The molecular formula is C15H19ClN4O2S. The van der Waals surface area contributed by atoms with Gasteiger partial charge < -0.3 is 15.5 Å². The number of halogens is 1. The van der Waals surface area contributed by atoms with Crippen molar-refractivity contribution in [1.29, 1.82) is 0 Å². The lowest BCUT2D eigenvalue weighted by molar-refractivity contribution is -0.113. The molecule has 0 aliphatic rings. The number of nitrogens with one attached hydrogen (secondary N) is 1. The Morgan fingerprint density at radius 2 is 2.26 bits per heavy atom. The Kier molecular flexibility index (Phi) is 6.44. The van der Waals surface area contributed by atoms with E-state index in [-0.39, 0.29) is 23.6 Å². The second kappa shape index (κ2) is 8.33. The molecule has 1 aromatic heterocycles. The first-order valence-electron chi connectivity index (χ1n) is 7.26. The maximum Gasteiger partial charge on any atom is 0.277 e. The van der Waals surface area contributed by atoms with Crippen LogP contribution < -0.4 is 11.1 Å². The largest absolute Gasteiger partial charge is 0.414 e. The molecule has 0 saturated carbocycles. The third-order valence-corrected chi connectivity index (χ3v) is 4.45. The third-order valence-electron chi connectivity index (χ3n) is 3.40. The summed E-state index contributed by atoms with van der Waals surface area (Å²) in [4.78, 5) is 11.9. The number of hydrogen-bond donors (Lipinski definition) is 2. The number of nitrogens with zero attached hydrogens (tertiary/aromatic N) is 2. The average Bonchev–Trinajstić information content (AvgIpc) is 3.00. The molecule has 0 unspecified atom stereocenters. The van der Waals surface area contributed by atoms with Crippen molar-refractivity contribution in [3.8, 4) is 0 Å². The highest BCUT2D eigenvalue weighted by atomic mass is 35.5. The van der Waals surface area contributed by atoms with E-state index >= 15 is 0 Å². The highest BCUT2D eigenvalue weighted by molar-refractivity contribution is 7.99. The number of carbonyl (C=O) groups excluding carboxylic acids is 1. The van der Waals surface area contributed by atoms with Gasteiger partial charge in [0.1, 0.15) is 0 Å². The highest BCUT2D eigenvalue weighted by Crippen LogP contribution is 2.24. The molecule has 8 heteroatoms. The van der Waals surface area contributed by atoms with Crippen LogP contribution in [0, 0.1) is 5.92 Å². The van der Waals surface area contributed by atoms with E-state index in [1.807, 2.05) is 6.92 Å². The van der Waals surface area contributed by atoms with Gasteiger partial charge in [-0.25, -0.2) is 0 Å². The van der Waals surface area contributed by atoms with Gasteiger partial charge in [-0.3, -0.25) is 4.79 Å². The smallest absolute Gasteiger partial charge is 0.277 e. The van der Waals surface area contributed by atoms with Gasteiger partial charge >= 0.3 is 0 Å². The maximum atomic E-state index is 11.9. The van der Waals surface area contributed by atoms with Crippen molar-refractivity contribution in [2.45, 2.75) is 31.5 Å². The molecule has 23 heavy (non-hydrogen) atoms. The molecule has 0 aliphatic carbocycles. The summed E-state index contributed by atoms with van der Waals surface area (Å²) in [6.45, 7) is 4.08. The molecule has 2 atom stereocenters. The van der Waals surface area contributed by atoms with E-state index in [4.69, 9.17) is 21.8 Å². The summed E-state index contributed by atoms with van der Waals surface area (Å²) in [5.74, 6) is 0.631. The zero-order valence-corrected chi connectivity index (χ0v) is 14.5.